The summed E-state index contributed by atoms with van der Waals surface area (Å²) in [6.45, 7) is -0.993. The average molecular weight is 255 g/mol. The number of carbonyl (C=O) groups is 1. The van der Waals surface area contributed by atoms with Gasteiger partial charge in [0.2, 0.25) is 0 Å². The van der Waals surface area contributed by atoms with Gasteiger partial charge in [0.25, 0.3) is 11.4 Å². The molecular weight excluding hydrogens is 248 g/mol. The van der Waals surface area contributed by atoms with Crippen molar-refractivity contribution in [2.45, 2.75) is 6.61 Å². The van der Waals surface area contributed by atoms with E-state index in [1.54, 1.807) is 0 Å². The van der Waals surface area contributed by atoms with E-state index in [1.165, 1.54) is 0 Å². The van der Waals surface area contributed by atoms with Crippen LogP contribution in [0.3, 0.4) is 0 Å². The first kappa shape index (κ1) is 13.5. The summed E-state index contributed by atoms with van der Waals surface area (Å²) in [5, 5.41) is 31.2. The van der Waals surface area contributed by atoms with Crippen molar-refractivity contribution in [3.05, 3.63) is 44.0 Å². The van der Waals surface area contributed by atoms with Crippen molar-refractivity contribution in [1.82, 2.24) is 0 Å². The first-order chi connectivity index (χ1) is 8.40. The van der Waals surface area contributed by atoms with Crippen LogP contribution in [0.1, 0.15) is 5.56 Å². The molecule has 0 unspecified atom stereocenters. The Morgan fingerprint density at radius 3 is 2.00 bits per heavy atom. The number of carboxylic acids is 1. The summed E-state index contributed by atoms with van der Waals surface area (Å²) < 4.78 is 4.64. The van der Waals surface area contributed by atoms with Crippen LogP contribution in [0, 0.1) is 20.2 Å². The number of ether oxygens (including phenoxy) is 1. The lowest BCUT2D eigenvalue weighted by Gasteiger charge is -2.04. The van der Waals surface area contributed by atoms with E-state index in [-0.39, 0.29) is 12.2 Å². The highest BCUT2D eigenvalue weighted by molar-refractivity contribution is 5.65. The Morgan fingerprint density at radius 1 is 1.11 bits per heavy atom. The molecule has 9 heteroatoms. The molecule has 0 radical (unpaired) electrons. The quantitative estimate of drug-likeness (QED) is 0.505. The van der Waals surface area contributed by atoms with E-state index in [0.717, 1.165) is 18.2 Å². The van der Waals surface area contributed by atoms with Crippen LogP contribution >= 0.6 is 0 Å². The van der Waals surface area contributed by atoms with E-state index in [0.29, 0.717) is 0 Å². The molecule has 18 heavy (non-hydrogen) atoms. The zero-order chi connectivity index (χ0) is 13.7. The molecule has 1 rings (SSSR count). The third kappa shape index (κ3) is 3.79. The Bertz CT molecular complexity index is 467. The molecule has 9 nitrogen and oxygen atoms in total. The second kappa shape index (κ2) is 5.68. The molecule has 0 amide bonds. The highest BCUT2D eigenvalue weighted by Crippen LogP contribution is 2.23. The molecule has 1 aromatic rings. The maximum absolute atomic E-state index is 10.5. The van der Waals surface area contributed by atoms with Gasteiger partial charge in [-0.3, -0.25) is 20.2 Å². The second-order valence-electron chi connectivity index (χ2n) is 3.24. The lowest BCUT2D eigenvalue weighted by molar-refractivity contribution is -0.394. The van der Waals surface area contributed by atoms with Gasteiger partial charge in [-0.15, -0.1) is 0 Å². The molecule has 0 aliphatic rings. The van der Waals surface area contributed by atoms with Gasteiger partial charge in [-0.25, -0.2) is 0 Å². The van der Waals surface area contributed by atoms with Crippen molar-refractivity contribution in [2.24, 2.45) is 0 Å². The summed E-state index contributed by atoms with van der Waals surface area (Å²) in [7, 11) is 0. The minimum atomic E-state index is -1.45. The molecule has 0 atom stereocenters. The minimum absolute atomic E-state index is 0.136. The van der Waals surface area contributed by atoms with Crippen LogP contribution < -0.4 is 5.11 Å². The fraction of sp³-hybridized carbons (Fsp3) is 0.222. The van der Waals surface area contributed by atoms with Gasteiger partial charge in [0, 0.05) is 12.1 Å². The van der Waals surface area contributed by atoms with Crippen LogP contribution in [0.5, 0.6) is 0 Å². The monoisotopic (exact) mass is 255 g/mol. The number of aliphatic carboxylic acids is 1. The smallest absolute Gasteiger partial charge is 0.276 e. The van der Waals surface area contributed by atoms with Gasteiger partial charge in [0.1, 0.15) is 0 Å². The molecule has 1 aromatic carbocycles. The molecule has 0 bridgehead atoms. The topological polar surface area (TPSA) is 136 Å². The molecule has 0 spiro atoms. The Hall–Kier alpha value is -2.55. The van der Waals surface area contributed by atoms with Gasteiger partial charge in [0.15, 0.2) is 0 Å². The first-order valence-electron chi connectivity index (χ1n) is 4.60. The first-order valence-corrected chi connectivity index (χ1v) is 4.60. The number of nitro benzene ring substituents is 2. The molecule has 0 heterocycles. The Labute approximate surface area is 99.9 Å². The summed E-state index contributed by atoms with van der Waals surface area (Å²) in [4.78, 5) is 29.6. The van der Waals surface area contributed by atoms with E-state index in [1.807, 2.05) is 0 Å². The molecular formula is C9H7N2O7-. The number of carboxylic acid groups (broad SMARTS) is 1. The predicted octanol–water partition coefficient (Wildman–Crippen LogP) is -0.231. The van der Waals surface area contributed by atoms with E-state index in [9.17, 15) is 30.1 Å². The Balaban J connectivity index is 2.93. The van der Waals surface area contributed by atoms with Crippen LogP contribution in [0.25, 0.3) is 0 Å². The summed E-state index contributed by atoms with van der Waals surface area (Å²) in [6.07, 6.45) is 0. The number of non-ortho nitro benzene ring substituents is 2. The summed E-state index contributed by atoms with van der Waals surface area (Å²) in [5.41, 5.74) is -0.787. The maximum atomic E-state index is 10.5. The number of nitrogens with zero attached hydrogens (tertiary/aromatic N) is 2. The van der Waals surface area contributed by atoms with E-state index < -0.39 is 33.8 Å². The lowest BCUT2D eigenvalue weighted by Crippen LogP contribution is -2.27. The van der Waals surface area contributed by atoms with Crippen LogP contribution in [0.15, 0.2) is 18.2 Å². The molecule has 0 saturated carbocycles. The van der Waals surface area contributed by atoms with Gasteiger partial charge < -0.3 is 14.6 Å². The molecule has 0 fully saturated rings. The number of benzene rings is 1. The molecule has 0 aliphatic heterocycles. The summed E-state index contributed by atoms with van der Waals surface area (Å²) in [5.74, 6) is -1.45. The zero-order valence-corrected chi connectivity index (χ0v) is 8.90. The third-order valence-electron chi connectivity index (χ3n) is 1.87. The standard InChI is InChI=1S/C9H8N2O7/c12-9(13)5-18-4-6-1-7(10(14)15)3-8(2-6)11(16)17/h1-3H,4-5H2,(H,12,13)/p-1. The molecule has 96 valence electrons. The van der Waals surface area contributed by atoms with Crippen LogP contribution in [-0.4, -0.2) is 22.4 Å². The van der Waals surface area contributed by atoms with Crippen molar-refractivity contribution >= 4 is 17.3 Å². The highest BCUT2D eigenvalue weighted by atomic mass is 16.6. The molecule has 0 saturated heterocycles. The number of rotatable bonds is 6. The van der Waals surface area contributed by atoms with Gasteiger partial charge in [-0.1, -0.05) is 0 Å². The van der Waals surface area contributed by atoms with Crippen molar-refractivity contribution in [3.8, 4) is 0 Å². The van der Waals surface area contributed by atoms with Crippen molar-refractivity contribution in [2.75, 3.05) is 6.61 Å². The third-order valence-corrected chi connectivity index (χ3v) is 1.87. The number of hydrogen-bond donors (Lipinski definition) is 0. The Kier molecular flexibility index (Phi) is 4.27. The average Bonchev–Trinajstić information content (AvgIpc) is 2.28. The van der Waals surface area contributed by atoms with Gasteiger partial charge >= 0.3 is 0 Å². The van der Waals surface area contributed by atoms with E-state index in [4.69, 9.17) is 0 Å². The van der Waals surface area contributed by atoms with Crippen molar-refractivity contribution in [1.29, 1.82) is 0 Å². The largest absolute Gasteiger partial charge is 0.548 e. The van der Waals surface area contributed by atoms with E-state index in [2.05, 4.69) is 4.74 Å². The van der Waals surface area contributed by atoms with Crippen molar-refractivity contribution in [3.63, 3.8) is 0 Å². The van der Waals surface area contributed by atoms with E-state index >= 15 is 0 Å². The summed E-state index contributed by atoms with van der Waals surface area (Å²) >= 11 is 0. The van der Waals surface area contributed by atoms with Crippen LogP contribution in [0.4, 0.5) is 11.4 Å². The number of nitro groups is 2. The lowest BCUT2D eigenvalue weighted by atomic mass is 10.2. The SMILES string of the molecule is O=C([O-])COCc1cc([N+](=O)[O-])cc([N+](=O)[O-])c1. The Morgan fingerprint density at radius 2 is 1.61 bits per heavy atom. The fourth-order valence-electron chi connectivity index (χ4n) is 1.20. The predicted molar refractivity (Wildman–Crippen MR) is 54.4 cm³/mol. The fourth-order valence-corrected chi connectivity index (χ4v) is 1.20. The summed E-state index contributed by atoms with van der Waals surface area (Å²) in [6, 6.07) is 2.95. The van der Waals surface area contributed by atoms with Crippen LogP contribution in [0.2, 0.25) is 0 Å². The van der Waals surface area contributed by atoms with Crippen LogP contribution in [-0.2, 0) is 16.1 Å². The maximum Gasteiger partial charge on any atom is 0.276 e. The molecule has 0 aliphatic carbocycles. The molecule has 0 N–H and O–H groups in total. The zero-order valence-electron chi connectivity index (χ0n) is 8.90. The van der Waals surface area contributed by atoms with Gasteiger partial charge in [0.05, 0.1) is 35.1 Å². The van der Waals surface area contributed by atoms with Crippen molar-refractivity contribution < 1.29 is 24.5 Å². The van der Waals surface area contributed by atoms with Gasteiger partial charge in [-0.2, -0.15) is 0 Å². The number of hydrogen-bond acceptors (Lipinski definition) is 7. The minimum Gasteiger partial charge on any atom is -0.548 e. The number of carbonyl (C=O) groups excluding carboxylic acids is 1. The highest BCUT2D eigenvalue weighted by Gasteiger charge is 2.16. The van der Waals surface area contributed by atoms with Gasteiger partial charge in [-0.05, 0) is 5.56 Å². The normalized spacial score (nSPS) is 10.0. The second-order valence-corrected chi connectivity index (χ2v) is 3.24. The molecule has 0 aromatic heterocycles.